The van der Waals surface area contributed by atoms with E-state index in [2.05, 4.69) is 5.32 Å². The number of ether oxygens (including phenoxy) is 1. The number of carbonyl (C=O) groups excluding carboxylic acids is 2. The highest BCUT2D eigenvalue weighted by Gasteiger charge is 2.17. The third-order valence-electron chi connectivity index (χ3n) is 2.17. The number of halogens is 1. The van der Waals surface area contributed by atoms with Crippen LogP contribution in [-0.2, 0) is 9.53 Å². The molecule has 1 amide bonds. The Balaban J connectivity index is 2.73. The van der Waals surface area contributed by atoms with Crippen LogP contribution in [0.25, 0.3) is 6.08 Å². The van der Waals surface area contributed by atoms with Gasteiger partial charge in [0.1, 0.15) is 17.7 Å². The zero-order valence-electron chi connectivity index (χ0n) is 11.8. The van der Waals surface area contributed by atoms with Crippen LogP contribution >= 0.6 is 0 Å². The molecule has 0 aliphatic carbocycles. The number of rotatable bonds is 4. The summed E-state index contributed by atoms with van der Waals surface area (Å²) in [5.41, 5.74) is 0.0174. The Hall–Kier alpha value is -2.17. The first-order chi connectivity index (χ1) is 9.31. The van der Waals surface area contributed by atoms with Crippen molar-refractivity contribution in [2.24, 2.45) is 0 Å². The van der Waals surface area contributed by atoms with Crippen molar-refractivity contribution < 1.29 is 18.7 Å². The Morgan fingerprint density at radius 3 is 2.65 bits per heavy atom. The van der Waals surface area contributed by atoms with Crippen LogP contribution in [0.3, 0.4) is 0 Å². The second-order valence-electron chi connectivity index (χ2n) is 5.17. The van der Waals surface area contributed by atoms with E-state index in [-0.39, 0.29) is 12.1 Å². The Kier molecular flexibility index (Phi) is 5.43. The highest BCUT2D eigenvalue weighted by atomic mass is 19.1. The fraction of sp³-hybridized carbons (Fsp3) is 0.333. The van der Waals surface area contributed by atoms with Gasteiger partial charge in [-0.25, -0.2) is 9.18 Å². The first kappa shape index (κ1) is 15.9. The fourth-order valence-corrected chi connectivity index (χ4v) is 1.41. The number of carbonyl (C=O) groups is 2. The first-order valence-corrected chi connectivity index (χ1v) is 6.21. The summed E-state index contributed by atoms with van der Waals surface area (Å²) < 4.78 is 18.8. The molecule has 0 heterocycles. The van der Waals surface area contributed by atoms with Crippen molar-refractivity contribution in [2.75, 3.05) is 5.32 Å². The average Bonchev–Trinajstić information content (AvgIpc) is 2.30. The Bertz CT molecular complexity index is 518. The van der Waals surface area contributed by atoms with Gasteiger partial charge in [-0.15, -0.1) is 0 Å². The maximum atomic E-state index is 13.8. The van der Waals surface area contributed by atoms with Crippen molar-refractivity contribution in [3.8, 4) is 0 Å². The van der Waals surface area contributed by atoms with E-state index in [1.54, 1.807) is 39.0 Å². The van der Waals surface area contributed by atoms with Crippen LogP contribution in [0.2, 0.25) is 0 Å². The summed E-state index contributed by atoms with van der Waals surface area (Å²) in [5, 5.41) is 2.34. The second kappa shape index (κ2) is 6.84. The SMILES string of the molecule is CC(C)(C)OC(=O)Nc1ccc(C=CCC=O)cc1F. The molecule has 0 radical (unpaired) electrons. The molecule has 1 rings (SSSR count). The molecule has 0 fully saturated rings. The van der Waals surface area contributed by atoms with E-state index < -0.39 is 17.5 Å². The van der Waals surface area contributed by atoms with Crippen LogP contribution in [-0.4, -0.2) is 18.0 Å². The van der Waals surface area contributed by atoms with Crippen molar-refractivity contribution in [3.63, 3.8) is 0 Å². The summed E-state index contributed by atoms with van der Waals surface area (Å²) >= 11 is 0. The lowest BCUT2D eigenvalue weighted by molar-refractivity contribution is -0.107. The second-order valence-corrected chi connectivity index (χ2v) is 5.17. The van der Waals surface area contributed by atoms with E-state index in [0.717, 1.165) is 6.29 Å². The van der Waals surface area contributed by atoms with Gasteiger partial charge >= 0.3 is 6.09 Å². The van der Waals surface area contributed by atoms with Gasteiger partial charge in [-0.2, -0.15) is 0 Å². The van der Waals surface area contributed by atoms with E-state index in [9.17, 15) is 14.0 Å². The van der Waals surface area contributed by atoms with Crippen LogP contribution in [0.4, 0.5) is 14.9 Å². The Labute approximate surface area is 117 Å². The number of nitrogens with one attached hydrogen (secondary N) is 1. The molecular weight excluding hydrogens is 261 g/mol. The van der Waals surface area contributed by atoms with Gasteiger partial charge in [0.25, 0.3) is 0 Å². The molecule has 0 aromatic heterocycles. The number of amides is 1. The van der Waals surface area contributed by atoms with Gasteiger partial charge in [0, 0.05) is 6.42 Å². The van der Waals surface area contributed by atoms with Gasteiger partial charge in [0.2, 0.25) is 0 Å². The monoisotopic (exact) mass is 279 g/mol. The molecule has 0 aliphatic heterocycles. The predicted octanol–water partition coefficient (Wildman–Crippen LogP) is 3.77. The number of anilines is 1. The fourth-order valence-electron chi connectivity index (χ4n) is 1.41. The minimum Gasteiger partial charge on any atom is -0.444 e. The lowest BCUT2D eigenvalue weighted by Crippen LogP contribution is -2.27. The lowest BCUT2D eigenvalue weighted by Gasteiger charge is -2.19. The standard InChI is InChI=1S/C15H18FNO3/c1-15(2,3)20-14(19)17-13-8-7-11(10-12(13)16)6-4-5-9-18/h4,6-10H,5H2,1-3H3,(H,17,19). The molecule has 0 saturated heterocycles. The molecule has 5 heteroatoms. The Morgan fingerprint density at radius 2 is 2.10 bits per heavy atom. The average molecular weight is 279 g/mol. The first-order valence-electron chi connectivity index (χ1n) is 6.21. The molecule has 1 aromatic carbocycles. The molecule has 20 heavy (non-hydrogen) atoms. The summed E-state index contributed by atoms with van der Waals surface area (Å²) in [6, 6.07) is 4.35. The number of hydrogen-bond acceptors (Lipinski definition) is 3. The quantitative estimate of drug-likeness (QED) is 0.853. The van der Waals surface area contributed by atoms with Crippen LogP contribution < -0.4 is 5.32 Å². The lowest BCUT2D eigenvalue weighted by atomic mass is 10.1. The van der Waals surface area contributed by atoms with E-state index in [4.69, 9.17) is 4.74 Å². The smallest absolute Gasteiger partial charge is 0.412 e. The number of benzene rings is 1. The molecule has 0 atom stereocenters. The molecule has 108 valence electrons. The zero-order valence-corrected chi connectivity index (χ0v) is 11.8. The van der Waals surface area contributed by atoms with Gasteiger partial charge in [-0.1, -0.05) is 18.2 Å². The highest BCUT2D eigenvalue weighted by Crippen LogP contribution is 2.18. The molecular formula is C15H18FNO3. The minimum atomic E-state index is -0.708. The topological polar surface area (TPSA) is 55.4 Å². The molecule has 0 unspecified atom stereocenters. The van der Waals surface area contributed by atoms with Crippen molar-refractivity contribution in [2.45, 2.75) is 32.8 Å². The maximum absolute atomic E-state index is 13.8. The van der Waals surface area contributed by atoms with Crippen LogP contribution in [0, 0.1) is 5.82 Å². The summed E-state index contributed by atoms with van der Waals surface area (Å²) in [7, 11) is 0. The number of hydrogen-bond donors (Lipinski definition) is 1. The molecule has 0 saturated carbocycles. The normalized spacial score (nSPS) is 11.4. The van der Waals surface area contributed by atoms with E-state index in [0.29, 0.717) is 5.56 Å². The van der Waals surface area contributed by atoms with Crippen LogP contribution in [0.1, 0.15) is 32.8 Å². The molecule has 0 bridgehead atoms. The Morgan fingerprint density at radius 1 is 1.40 bits per heavy atom. The number of allylic oxidation sites excluding steroid dienone is 1. The van der Waals surface area contributed by atoms with Crippen LogP contribution in [0.5, 0.6) is 0 Å². The van der Waals surface area contributed by atoms with Gasteiger partial charge in [-0.3, -0.25) is 5.32 Å². The summed E-state index contributed by atoms with van der Waals surface area (Å²) in [5.74, 6) is -0.566. The van der Waals surface area contributed by atoms with E-state index in [1.807, 2.05) is 0 Å². The van der Waals surface area contributed by atoms with Gasteiger partial charge < -0.3 is 9.53 Å². The zero-order chi connectivity index (χ0) is 15.2. The third-order valence-corrected chi connectivity index (χ3v) is 2.17. The highest BCUT2D eigenvalue weighted by molar-refractivity contribution is 5.85. The summed E-state index contributed by atoms with van der Waals surface area (Å²) in [6.07, 6.45) is 3.59. The van der Waals surface area contributed by atoms with Gasteiger partial charge in [-0.05, 0) is 38.5 Å². The summed E-state index contributed by atoms with van der Waals surface area (Å²) in [4.78, 5) is 21.7. The van der Waals surface area contributed by atoms with Crippen molar-refractivity contribution in [1.82, 2.24) is 0 Å². The third kappa shape index (κ3) is 5.65. The van der Waals surface area contributed by atoms with E-state index >= 15 is 0 Å². The molecule has 4 nitrogen and oxygen atoms in total. The van der Waals surface area contributed by atoms with Gasteiger partial charge in [0.05, 0.1) is 5.69 Å². The van der Waals surface area contributed by atoms with Crippen LogP contribution in [0.15, 0.2) is 24.3 Å². The molecule has 1 aromatic rings. The molecule has 0 aliphatic rings. The molecule has 1 N–H and O–H groups in total. The van der Waals surface area contributed by atoms with Crippen molar-refractivity contribution >= 4 is 24.1 Å². The minimum absolute atomic E-state index is 0.0480. The maximum Gasteiger partial charge on any atom is 0.412 e. The number of aldehydes is 1. The molecule has 0 spiro atoms. The predicted molar refractivity (Wildman–Crippen MR) is 76.0 cm³/mol. The summed E-state index contributed by atoms with van der Waals surface area (Å²) in [6.45, 7) is 5.18. The van der Waals surface area contributed by atoms with Crippen molar-refractivity contribution in [1.29, 1.82) is 0 Å². The van der Waals surface area contributed by atoms with Gasteiger partial charge in [0.15, 0.2) is 0 Å². The largest absolute Gasteiger partial charge is 0.444 e. The van der Waals surface area contributed by atoms with E-state index in [1.165, 1.54) is 12.1 Å². The van der Waals surface area contributed by atoms with Crippen molar-refractivity contribution in [3.05, 3.63) is 35.7 Å².